The molecular formula is C15H20N2O2. The first kappa shape index (κ1) is 13.6. The van der Waals surface area contributed by atoms with Gasteiger partial charge in [0.05, 0.1) is 0 Å². The Kier molecular flexibility index (Phi) is 4.20. The molecule has 4 nitrogen and oxygen atoms in total. The van der Waals surface area contributed by atoms with E-state index >= 15 is 0 Å². The van der Waals surface area contributed by atoms with Crippen LogP contribution in [0, 0.1) is 0 Å². The molecule has 1 fully saturated rings. The van der Waals surface area contributed by atoms with E-state index in [9.17, 15) is 9.59 Å². The van der Waals surface area contributed by atoms with Gasteiger partial charge >= 0.3 is 0 Å². The molecular weight excluding hydrogens is 240 g/mol. The van der Waals surface area contributed by atoms with E-state index in [4.69, 9.17) is 0 Å². The van der Waals surface area contributed by atoms with Gasteiger partial charge in [-0.15, -0.1) is 0 Å². The van der Waals surface area contributed by atoms with Gasteiger partial charge in [0.15, 0.2) is 0 Å². The molecule has 2 amide bonds. The summed E-state index contributed by atoms with van der Waals surface area (Å²) in [5, 5.41) is 2.84. The maximum Gasteiger partial charge on any atom is 0.250 e. The van der Waals surface area contributed by atoms with Crippen molar-refractivity contribution in [1.82, 2.24) is 5.32 Å². The van der Waals surface area contributed by atoms with Gasteiger partial charge in [-0.2, -0.15) is 0 Å². The highest BCUT2D eigenvalue weighted by Crippen LogP contribution is 2.23. The number of para-hydroxylation sites is 1. The molecule has 4 heteroatoms. The highest BCUT2D eigenvalue weighted by Gasteiger charge is 2.39. The molecule has 1 aliphatic rings. The van der Waals surface area contributed by atoms with Crippen molar-refractivity contribution in [3.05, 3.63) is 30.3 Å². The smallest absolute Gasteiger partial charge is 0.250 e. The average Bonchev–Trinajstić information content (AvgIpc) is 2.43. The first-order valence-electron chi connectivity index (χ1n) is 6.87. The molecule has 19 heavy (non-hydrogen) atoms. The highest BCUT2D eigenvalue weighted by atomic mass is 16.2. The van der Waals surface area contributed by atoms with Crippen molar-refractivity contribution in [2.24, 2.45) is 0 Å². The van der Waals surface area contributed by atoms with Gasteiger partial charge in [-0.3, -0.25) is 14.5 Å². The number of carbonyl (C=O) groups excluding carboxylic acids is 2. The van der Waals surface area contributed by atoms with E-state index in [0.717, 1.165) is 12.1 Å². The Morgan fingerprint density at radius 1 is 1.16 bits per heavy atom. The van der Waals surface area contributed by atoms with Crippen LogP contribution in [0.4, 0.5) is 5.69 Å². The fourth-order valence-corrected chi connectivity index (χ4v) is 2.52. The molecule has 0 aliphatic carbocycles. The monoisotopic (exact) mass is 260 g/mol. The summed E-state index contributed by atoms with van der Waals surface area (Å²) in [6.07, 6.45) is 2.17. The van der Waals surface area contributed by atoms with Crippen LogP contribution in [0.25, 0.3) is 0 Å². The molecule has 1 saturated heterocycles. The largest absolute Gasteiger partial charge is 0.342 e. The molecule has 1 aromatic carbocycles. The number of piperazine rings is 1. The van der Waals surface area contributed by atoms with Crippen LogP contribution in [0.2, 0.25) is 0 Å². The molecule has 0 aromatic heterocycles. The summed E-state index contributed by atoms with van der Waals surface area (Å²) in [4.78, 5) is 26.3. The number of anilines is 1. The van der Waals surface area contributed by atoms with Crippen molar-refractivity contribution < 1.29 is 9.59 Å². The Balaban J connectivity index is 2.34. The predicted octanol–water partition coefficient (Wildman–Crippen LogP) is 2.10. The van der Waals surface area contributed by atoms with Crippen LogP contribution in [0.15, 0.2) is 30.3 Å². The maximum atomic E-state index is 12.5. The minimum Gasteiger partial charge on any atom is -0.342 e. The Bertz CT molecular complexity index is 458. The summed E-state index contributed by atoms with van der Waals surface area (Å²) >= 11 is 0. The lowest BCUT2D eigenvalue weighted by Gasteiger charge is -2.38. The SMILES string of the molecule is CCCC1NC(=O)C(CC)N(c2ccccc2)C1=O. The zero-order valence-electron chi connectivity index (χ0n) is 11.4. The second-order valence-electron chi connectivity index (χ2n) is 4.82. The Labute approximate surface area is 113 Å². The lowest BCUT2D eigenvalue weighted by Crippen LogP contribution is -2.63. The van der Waals surface area contributed by atoms with E-state index in [1.165, 1.54) is 0 Å². The van der Waals surface area contributed by atoms with Gasteiger partial charge in [-0.05, 0) is 25.0 Å². The fourth-order valence-electron chi connectivity index (χ4n) is 2.52. The molecule has 1 N–H and O–H groups in total. The molecule has 102 valence electrons. The van der Waals surface area contributed by atoms with E-state index in [1.807, 2.05) is 44.2 Å². The van der Waals surface area contributed by atoms with Crippen LogP contribution < -0.4 is 10.2 Å². The van der Waals surface area contributed by atoms with Crippen molar-refractivity contribution in [2.45, 2.75) is 45.2 Å². The van der Waals surface area contributed by atoms with E-state index < -0.39 is 6.04 Å². The van der Waals surface area contributed by atoms with Gasteiger partial charge in [-0.25, -0.2) is 0 Å². The minimum absolute atomic E-state index is 0.000463. The summed E-state index contributed by atoms with van der Waals surface area (Å²) in [6.45, 7) is 3.94. The van der Waals surface area contributed by atoms with Crippen LogP contribution in [0.1, 0.15) is 33.1 Å². The molecule has 2 unspecified atom stereocenters. The third kappa shape index (κ3) is 2.62. The van der Waals surface area contributed by atoms with Crippen LogP contribution in [0.3, 0.4) is 0 Å². The molecule has 2 atom stereocenters. The summed E-state index contributed by atoms with van der Waals surface area (Å²) in [7, 11) is 0. The van der Waals surface area contributed by atoms with Crippen molar-refractivity contribution in [1.29, 1.82) is 0 Å². The third-order valence-electron chi connectivity index (χ3n) is 3.46. The van der Waals surface area contributed by atoms with Gasteiger partial charge in [0.2, 0.25) is 11.8 Å². The van der Waals surface area contributed by atoms with Gasteiger partial charge in [-0.1, -0.05) is 38.5 Å². The Morgan fingerprint density at radius 3 is 2.42 bits per heavy atom. The predicted molar refractivity (Wildman–Crippen MR) is 74.8 cm³/mol. The quantitative estimate of drug-likeness (QED) is 0.901. The minimum atomic E-state index is -0.400. The molecule has 1 aromatic rings. The van der Waals surface area contributed by atoms with E-state index in [2.05, 4.69) is 5.32 Å². The van der Waals surface area contributed by atoms with E-state index in [0.29, 0.717) is 12.8 Å². The van der Waals surface area contributed by atoms with Gasteiger partial charge in [0, 0.05) is 5.69 Å². The number of nitrogens with one attached hydrogen (secondary N) is 1. The van der Waals surface area contributed by atoms with Crippen LogP contribution in [-0.4, -0.2) is 23.9 Å². The van der Waals surface area contributed by atoms with Crippen molar-refractivity contribution in [3.63, 3.8) is 0 Å². The molecule has 2 rings (SSSR count). The van der Waals surface area contributed by atoms with Crippen LogP contribution in [0.5, 0.6) is 0 Å². The number of nitrogens with zero attached hydrogens (tertiary/aromatic N) is 1. The molecule has 1 aliphatic heterocycles. The Hall–Kier alpha value is -1.84. The van der Waals surface area contributed by atoms with Crippen molar-refractivity contribution in [2.75, 3.05) is 4.90 Å². The van der Waals surface area contributed by atoms with Gasteiger partial charge in [0.1, 0.15) is 12.1 Å². The fraction of sp³-hybridized carbons (Fsp3) is 0.467. The number of hydrogen-bond acceptors (Lipinski definition) is 2. The Morgan fingerprint density at radius 2 is 1.84 bits per heavy atom. The summed E-state index contributed by atoms with van der Waals surface area (Å²) in [6, 6.07) is 8.64. The molecule has 0 radical (unpaired) electrons. The first-order valence-corrected chi connectivity index (χ1v) is 6.87. The van der Waals surface area contributed by atoms with Gasteiger partial charge < -0.3 is 5.32 Å². The second kappa shape index (κ2) is 5.87. The maximum absolute atomic E-state index is 12.5. The lowest BCUT2D eigenvalue weighted by atomic mass is 10.0. The lowest BCUT2D eigenvalue weighted by molar-refractivity contribution is -0.134. The molecule has 0 bridgehead atoms. The zero-order chi connectivity index (χ0) is 13.8. The van der Waals surface area contributed by atoms with E-state index in [1.54, 1.807) is 4.90 Å². The summed E-state index contributed by atoms with van der Waals surface area (Å²) in [5.41, 5.74) is 0.801. The number of hydrogen-bond donors (Lipinski definition) is 1. The standard InChI is InChI=1S/C15H20N2O2/c1-3-8-12-15(19)17(11-9-6-5-7-10-11)13(4-2)14(18)16-12/h5-7,9-10,12-13H,3-4,8H2,1-2H3,(H,16,18). The molecule has 1 heterocycles. The molecule has 0 spiro atoms. The number of benzene rings is 1. The van der Waals surface area contributed by atoms with E-state index in [-0.39, 0.29) is 17.9 Å². The summed E-state index contributed by atoms with van der Waals surface area (Å²) < 4.78 is 0. The third-order valence-corrected chi connectivity index (χ3v) is 3.46. The summed E-state index contributed by atoms with van der Waals surface area (Å²) in [5.74, 6) is -0.0519. The zero-order valence-corrected chi connectivity index (χ0v) is 11.4. The highest BCUT2D eigenvalue weighted by molar-refractivity contribution is 6.08. The van der Waals surface area contributed by atoms with Crippen molar-refractivity contribution >= 4 is 17.5 Å². The number of amides is 2. The topological polar surface area (TPSA) is 49.4 Å². The first-order chi connectivity index (χ1) is 9.19. The number of carbonyl (C=O) groups is 2. The number of rotatable bonds is 4. The molecule has 0 saturated carbocycles. The normalized spacial score (nSPS) is 23.4. The van der Waals surface area contributed by atoms with Crippen molar-refractivity contribution in [3.8, 4) is 0 Å². The van der Waals surface area contributed by atoms with Crippen LogP contribution in [-0.2, 0) is 9.59 Å². The van der Waals surface area contributed by atoms with Gasteiger partial charge in [0.25, 0.3) is 0 Å². The average molecular weight is 260 g/mol. The van der Waals surface area contributed by atoms with Crippen LogP contribution >= 0.6 is 0 Å². The second-order valence-corrected chi connectivity index (χ2v) is 4.82.